The summed E-state index contributed by atoms with van der Waals surface area (Å²) in [4.78, 5) is 14.8. The number of carbonyl (C=O) groups is 1. The molecule has 5 nitrogen and oxygen atoms in total. The van der Waals surface area contributed by atoms with Gasteiger partial charge in [-0.25, -0.2) is 0 Å². The average molecular weight is 315 g/mol. The summed E-state index contributed by atoms with van der Waals surface area (Å²) >= 11 is 0. The number of aromatic nitrogens is 1. The lowest BCUT2D eigenvalue weighted by molar-refractivity contribution is -0.136. The van der Waals surface area contributed by atoms with Gasteiger partial charge >= 0.3 is 5.97 Å². The van der Waals surface area contributed by atoms with Crippen LogP contribution in [0.15, 0.2) is 42.6 Å². The van der Waals surface area contributed by atoms with Gasteiger partial charge in [0.1, 0.15) is 18.5 Å². The number of ether oxygens (including phenoxy) is 1. The zero-order valence-electron chi connectivity index (χ0n) is 13.1. The molecule has 1 aromatic carbocycles. The lowest BCUT2D eigenvalue weighted by Gasteiger charge is -2.12. The van der Waals surface area contributed by atoms with Crippen LogP contribution < -0.4 is 4.74 Å². The van der Waals surface area contributed by atoms with Crippen molar-refractivity contribution in [2.24, 2.45) is 0 Å². The maximum Gasteiger partial charge on any atom is 0.303 e. The Bertz CT molecular complexity index is 622. The molecule has 0 spiro atoms. The number of carboxylic acid groups (broad SMARTS) is 1. The molecule has 122 valence electrons. The number of hydrogen-bond donors (Lipinski definition) is 2. The minimum Gasteiger partial charge on any atom is -0.490 e. The van der Waals surface area contributed by atoms with Crippen LogP contribution in [-0.4, -0.2) is 27.8 Å². The zero-order valence-corrected chi connectivity index (χ0v) is 13.1. The summed E-state index contributed by atoms with van der Waals surface area (Å²) < 4.78 is 5.55. The van der Waals surface area contributed by atoms with E-state index in [1.54, 1.807) is 18.3 Å². The van der Waals surface area contributed by atoms with Crippen molar-refractivity contribution in [3.63, 3.8) is 0 Å². The lowest BCUT2D eigenvalue weighted by atomic mass is 10.1. The third kappa shape index (κ3) is 5.38. The van der Waals surface area contributed by atoms with Crippen molar-refractivity contribution in [3.8, 4) is 5.75 Å². The van der Waals surface area contributed by atoms with E-state index in [0.717, 1.165) is 17.5 Å². The van der Waals surface area contributed by atoms with Gasteiger partial charge < -0.3 is 14.9 Å². The third-order valence-electron chi connectivity index (χ3n) is 3.56. The van der Waals surface area contributed by atoms with Crippen LogP contribution in [0.2, 0.25) is 0 Å². The Morgan fingerprint density at radius 2 is 1.87 bits per heavy atom. The fourth-order valence-corrected chi connectivity index (χ4v) is 2.11. The van der Waals surface area contributed by atoms with Crippen molar-refractivity contribution in [2.75, 3.05) is 6.61 Å². The number of aliphatic carboxylic acids is 1. The van der Waals surface area contributed by atoms with Crippen LogP contribution in [0.25, 0.3) is 0 Å². The third-order valence-corrected chi connectivity index (χ3v) is 3.56. The van der Waals surface area contributed by atoms with Crippen LogP contribution >= 0.6 is 0 Å². The van der Waals surface area contributed by atoms with Crippen molar-refractivity contribution >= 4 is 5.97 Å². The highest BCUT2D eigenvalue weighted by molar-refractivity contribution is 5.67. The molecule has 0 fully saturated rings. The summed E-state index contributed by atoms with van der Waals surface area (Å²) in [5.74, 6) is -0.177. The summed E-state index contributed by atoms with van der Waals surface area (Å²) in [6, 6.07) is 11.0. The Hall–Kier alpha value is -2.40. The van der Waals surface area contributed by atoms with Gasteiger partial charge in [0.05, 0.1) is 5.69 Å². The molecule has 0 saturated heterocycles. The van der Waals surface area contributed by atoms with E-state index >= 15 is 0 Å². The first-order valence-corrected chi connectivity index (χ1v) is 7.65. The number of carboxylic acids is 1. The Morgan fingerprint density at radius 3 is 2.43 bits per heavy atom. The summed E-state index contributed by atoms with van der Waals surface area (Å²) in [7, 11) is 0. The molecule has 0 aliphatic carbocycles. The molecule has 0 aliphatic heterocycles. The molecule has 5 heteroatoms. The van der Waals surface area contributed by atoms with E-state index in [2.05, 4.69) is 11.9 Å². The SMILES string of the molecule is CCc1ccc(C(O)COc2ccc(CCC(=O)O)cc2)nc1. The largest absolute Gasteiger partial charge is 0.490 e. The van der Waals surface area contributed by atoms with E-state index in [9.17, 15) is 9.90 Å². The Kier molecular flexibility index (Phi) is 6.11. The minimum absolute atomic E-state index is 0.109. The normalized spacial score (nSPS) is 11.9. The van der Waals surface area contributed by atoms with E-state index in [1.165, 1.54) is 0 Å². The van der Waals surface area contributed by atoms with Crippen LogP contribution in [0.1, 0.15) is 36.3 Å². The summed E-state index contributed by atoms with van der Waals surface area (Å²) in [5, 5.41) is 18.7. The second-order valence-electron chi connectivity index (χ2n) is 5.31. The Labute approximate surface area is 135 Å². The summed E-state index contributed by atoms with van der Waals surface area (Å²) in [5.41, 5.74) is 2.65. The van der Waals surface area contributed by atoms with Crippen LogP contribution in [0.4, 0.5) is 0 Å². The van der Waals surface area contributed by atoms with E-state index in [1.807, 2.05) is 24.3 Å². The van der Waals surface area contributed by atoms with Crippen molar-refractivity contribution in [1.82, 2.24) is 4.98 Å². The van der Waals surface area contributed by atoms with Gasteiger partial charge in [0.15, 0.2) is 0 Å². The fourth-order valence-electron chi connectivity index (χ4n) is 2.11. The van der Waals surface area contributed by atoms with E-state index in [-0.39, 0.29) is 13.0 Å². The number of rotatable bonds is 8. The molecule has 1 heterocycles. The molecule has 0 radical (unpaired) electrons. The number of aliphatic hydroxyl groups is 1. The van der Waals surface area contributed by atoms with Crippen LogP contribution in [-0.2, 0) is 17.6 Å². The van der Waals surface area contributed by atoms with Gasteiger partial charge in [-0.1, -0.05) is 25.1 Å². The first-order valence-electron chi connectivity index (χ1n) is 7.65. The highest BCUT2D eigenvalue weighted by Gasteiger charge is 2.10. The number of pyridine rings is 1. The molecule has 0 saturated carbocycles. The maximum absolute atomic E-state index is 10.5. The van der Waals surface area contributed by atoms with Crippen LogP contribution in [0.3, 0.4) is 0 Å². The van der Waals surface area contributed by atoms with E-state index < -0.39 is 12.1 Å². The van der Waals surface area contributed by atoms with Crippen molar-refractivity contribution < 1.29 is 19.7 Å². The van der Waals surface area contributed by atoms with Gasteiger partial charge in [0, 0.05) is 12.6 Å². The van der Waals surface area contributed by atoms with Crippen molar-refractivity contribution in [2.45, 2.75) is 32.3 Å². The molecular formula is C18H21NO4. The molecule has 1 unspecified atom stereocenters. The van der Waals surface area contributed by atoms with E-state index in [4.69, 9.17) is 9.84 Å². The topological polar surface area (TPSA) is 79.7 Å². The van der Waals surface area contributed by atoms with Gasteiger partial charge in [0.25, 0.3) is 0 Å². The molecule has 2 rings (SSSR count). The number of benzene rings is 1. The molecule has 23 heavy (non-hydrogen) atoms. The quantitative estimate of drug-likeness (QED) is 0.783. The Balaban J connectivity index is 1.85. The predicted octanol–water partition coefficient (Wildman–Crippen LogP) is 2.77. The molecule has 1 atom stereocenters. The van der Waals surface area contributed by atoms with Gasteiger partial charge in [-0.3, -0.25) is 9.78 Å². The second-order valence-corrected chi connectivity index (χ2v) is 5.31. The number of aliphatic hydroxyl groups excluding tert-OH is 1. The number of hydrogen-bond acceptors (Lipinski definition) is 4. The van der Waals surface area contributed by atoms with E-state index in [0.29, 0.717) is 17.9 Å². The number of aryl methyl sites for hydroxylation is 2. The first kappa shape index (κ1) is 17.0. The molecule has 0 aliphatic rings. The first-order chi connectivity index (χ1) is 11.1. The maximum atomic E-state index is 10.5. The lowest BCUT2D eigenvalue weighted by Crippen LogP contribution is -2.11. The molecule has 1 aromatic heterocycles. The smallest absolute Gasteiger partial charge is 0.303 e. The number of nitrogens with zero attached hydrogens (tertiary/aromatic N) is 1. The molecule has 2 aromatic rings. The van der Waals surface area contributed by atoms with Crippen LogP contribution in [0, 0.1) is 0 Å². The summed E-state index contributed by atoms with van der Waals surface area (Å²) in [6.07, 6.45) is 2.49. The highest BCUT2D eigenvalue weighted by atomic mass is 16.5. The van der Waals surface area contributed by atoms with Crippen molar-refractivity contribution in [1.29, 1.82) is 0 Å². The van der Waals surface area contributed by atoms with Gasteiger partial charge in [-0.2, -0.15) is 0 Å². The second kappa shape index (κ2) is 8.29. The standard InChI is InChI=1S/C18H21NO4/c1-2-13-5-9-16(19-11-13)17(20)12-23-15-7-3-14(4-8-15)6-10-18(21)22/h3-5,7-9,11,17,20H,2,6,10,12H2,1H3,(H,21,22). The van der Waals surface area contributed by atoms with Gasteiger partial charge in [-0.15, -0.1) is 0 Å². The zero-order chi connectivity index (χ0) is 16.7. The average Bonchev–Trinajstić information content (AvgIpc) is 2.58. The van der Waals surface area contributed by atoms with Crippen molar-refractivity contribution in [3.05, 3.63) is 59.4 Å². The molecule has 0 amide bonds. The van der Waals surface area contributed by atoms with Gasteiger partial charge in [0.2, 0.25) is 0 Å². The Morgan fingerprint density at radius 1 is 1.17 bits per heavy atom. The van der Waals surface area contributed by atoms with Crippen LogP contribution in [0.5, 0.6) is 5.75 Å². The molecule has 0 bridgehead atoms. The molecule has 2 N–H and O–H groups in total. The molecular weight excluding hydrogens is 294 g/mol. The fraction of sp³-hybridized carbons (Fsp3) is 0.333. The summed E-state index contributed by atoms with van der Waals surface area (Å²) in [6.45, 7) is 2.17. The monoisotopic (exact) mass is 315 g/mol. The highest BCUT2D eigenvalue weighted by Crippen LogP contribution is 2.17. The van der Waals surface area contributed by atoms with Gasteiger partial charge in [-0.05, 0) is 42.2 Å². The minimum atomic E-state index is -0.810. The predicted molar refractivity (Wildman–Crippen MR) is 86.5 cm³/mol.